The molecule has 0 atom stereocenters. The molecule has 0 fully saturated rings. The second-order valence-electron chi connectivity index (χ2n) is 8.58. The maximum atomic E-state index is 12.2. The molecule has 2 aromatic heterocycles. The summed E-state index contributed by atoms with van der Waals surface area (Å²) in [5, 5.41) is 6.06. The van der Waals surface area contributed by atoms with Gasteiger partial charge in [-0.2, -0.15) is 5.10 Å². The highest BCUT2D eigenvalue weighted by Crippen LogP contribution is 2.35. The molecular weight excluding hydrogens is 396 g/mol. The Hall–Kier alpha value is -2.71. The van der Waals surface area contributed by atoms with E-state index in [1.807, 2.05) is 13.0 Å². The molecule has 0 N–H and O–H groups in total. The fourth-order valence-electron chi connectivity index (χ4n) is 3.55. The highest BCUT2D eigenvalue weighted by atomic mass is 28.3. The molecule has 30 heavy (non-hydrogen) atoms. The Labute approximate surface area is 179 Å². The number of rotatable bonds is 5. The molecule has 0 saturated carbocycles. The molecule has 8 heteroatoms. The van der Waals surface area contributed by atoms with Crippen LogP contribution in [0.25, 0.3) is 5.52 Å². The Kier molecular flexibility index (Phi) is 6.01. The summed E-state index contributed by atoms with van der Waals surface area (Å²) in [6, 6.07) is 6.29. The number of hydrogen-bond acceptors (Lipinski definition) is 6. The molecule has 3 aromatic rings. The number of aryl methyl sites for hydroxylation is 2. The lowest BCUT2D eigenvalue weighted by molar-refractivity contribution is 0.0600. The summed E-state index contributed by atoms with van der Waals surface area (Å²) in [5.74, 6) is 0.185. The van der Waals surface area contributed by atoms with Gasteiger partial charge in [-0.15, -0.1) is 0 Å². The summed E-state index contributed by atoms with van der Waals surface area (Å²) in [4.78, 5) is 16.7. The fraction of sp³-hybridized carbons (Fsp3) is 0.409. The summed E-state index contributed by atoms with van der Waals surface area (Å²) in [6.07, 6.45) is 3.13. The van der Waals surface area contributed by atoms with E-state index in [-0.39, 0.29) is 5.41 Å². The van der Waals surface area contributed by atoms with Crippen LogP contribution in [0.1, 0.15) is 47.8 Å². The maximum Gasteiger partial charge on any atom is 0.339 e. The standard InChI is InChI=1S/C22H29N4O3Si/c1-14-9-10-16(11-18(14)22(3,4)5)26(29-30(7)8)20-19-15(2)17(21(27)28-6)12-25(19)24-13-23-20/h9-13H,1-8H3. The van der Waals surface area contributed by atoms with E-state index < -0.39 is 15.0 Å². The van der Waals surface area contributed by atoms with Crippen molar-refractivity contribution in [3.63, 3.8) is 0 Å². The predicted molar refractivity (Wildman–Crippen MR) is 120 cm³/mol. The number of nitrogens with zero attached hydrogens (tertiary/aromatic N) is 4. The number of carbonyl (C=O) groups is 1. The van der Waals surface area contributed by atoms with E-state index in [2.05, 4.69) is 63.0 Å². The lowest BCUT2D eigenvalue weighted by atomic mass is 9.84. The monoisotopic (exact) mass is 425 g/mol. The molecule has 0 unspecified atom stereocenters. The van der Waals surface area contributed by atoms with Crippen molar-refractivity contribution >= 4 is 32.0 Å². The van der Waals surface area contributed by atoms with Gasteiger partial charge >= 0.3 is 5.97 Å². The molecule has 2 heterocycles. The summed E-state index contributed by atoms with van der Waals surface area (Å²) in [5.41, 5.74) is 5.25. The zero-order chi connectivity index (χ0) is 22.2. The summed E-state index contributed by atoms with van der Waals surface area (Å²) in [6.45, 7) is 14.7. The van der Waals surface area contributed by atoms with E-state index in [1.54, 1.807) is 15.8 Å². The molecule has 7 nitrogen and oxygen atoms in total. The normalized spacial score (nSPS) is 11.9. The number of esters is 1. The first kappa shape index (κ1) is 22.0. The van der Waals surface area contributed by atoms with Gasteiger partial charge in [0.05, 0.1) is 18.4 Å². The number of aromatic nitrogens is 3. The number of carbonyl (C=O) groups excluding carboxylic acids is 1. The lowest BCUT2D eigenvalue weighted by Gasteiger charge is -2.28. The van der Waals surface area contributed by atoms with Crippen LogP contribution in [0.4, 0.5) is 11.5 Å². The Balaban J connectivity index is 2.24. The molecule has 1 radical (unpaired) electrons. The SMILES string of the molecule is COC(=O)c1cn2ncnc(N(O[Si](C)C)c3ccc(C)c(C(C)(C)C)c3)c2c1C. The second-order valence-corrected chi connectivity index (χ2v) is 10.6. The first-order valence-electron chi connectivity index (χ1n) is 9.85. The van der Waals surface area contributed by atoms with E-state index >= 15 is 0 Å². The van der Waals surface area contributed by atoms with Crippen LogP contribution in [-0.4, -0.2) is 36.7 Å². The molecule has 3 rings (SSSR count). The summed E-state index contributed by atoms with van der Waals surface area (Å²) < 4.78 is 12.9. The van der Waals surface area contributed by atoms with Crippen LogP contribution in [0, 0.1) is 13.8 Å². The Morgan fingerprint density at radius 1 is 1.20 bits per heavy atom. The third-order valence-corrected chi connectivity index (χ3v) is 5.49. The second kappa shape index (κ2) is 8.20. The number of hydrogen-bond donors (Lipinski definition) is 0. The third-order valence-electron chi connectivity index (χ3n) is 4.94. The summed E-state index contributed by atoms with van der Waals surface area (Å²) >= 11 is 0. The minimum absolute atomic E-state index is 0.0119. The smallest absolute Gasteiger partial charge is 0.339 e. The largest absolute Gasteiger partial charge is 0.465 e. The average molecular weight is 426 g/mol. The fourth-order valence-corrected chi connectivity index (χ4v) is 4.11. The van der Waals surface area contributed by atoms with Crippen LogP contribution in [-0.2, 0) is 14.7 Å². The van der Waals surface area contributed by atoms with Crippen molar-refractivity contribution in [3.8, 4) is 0 Å². The first-order chi connectivity index (χ1) is 14.0. The Morgan fingerprint density at radius 2 is 1.90 bits per heavy atom. The number of anilines is 2. The molecule has 0 spiro atoms. The van der Waals surface area contributed by atoms with Gasteiger partial charge in [-0.05, 0) is 61.2 Å². The number of benzene rings is 1. The van der Waals surface area contributed by atoms with Crippen molar-refractivity contribution in [2.45, 2.75) is 53.1 Å². The van der Waals surface area contributed by atoms with Gasteiger partial charge in [0, 0.05) is 6.20 Å². The molecule has 0 bridgehead atoms. The van der Waals surface area contributed by atoms with Gasteiger partial charge in [0.1, 0.15) is 11.8 Å². The molecule has 159 valence electrons. The third kappa shape index (κ3) is 4.10. The van der Waals surface area contributed by atoms with Crippen LogP contribution in [0.2, 0.25) is 13.1 Å². The van der Waals surface area contributed by atoms with E-state index in [0.717, 1.165) is 11.3 Å². The molecular formula is C22H29N4O3Si. The Bertz CT molecular complexity index is 1090. The van der Waals surface area contributed by atoms with E-state index in [9.17, 15) is 4.79 Å². The maximum absolute atomic E-state index is 12.2. The quantitative estimate of drug-likeness (QED) is 0.334. The number of ether oxygens (including phenoxy) is 1. The topological polar surface area (TPSA) is 69.0 Å². The van der Waals surface area contributed by atoms with Crippen molar-refractivity contribution in [1.29, 1.82) is 0 Å². The minimum atomic E-state index is -1.11. The number of fused-ring (bicyclic) bond motifs is 1. The van der Waals surface area contributed by atoms with Crippen LogP contribution >= 0.6 is 0 Å². The van der Waals surface area contributed by atoms with Crippen LogP contribution in [0.5, 0.6) is 0 Å². The predicted octanol–water partition coefficient (Wildman–Crippen LogP) is 4.75. The van der Waals surface area contributed by atoms with Crippen molar-refractivity contribution in [3.05, 3.63) is 53.0 Å². The van der Waals surface area contributed by atoms with Crippen LogP contribution < -0.4 is 5.06 Å². The van der Waals surface area contributed by atoms with Crippen molar-refractivity contribution < 1.29 is 14.1 Å². The number of methoxy groups -OCH3 is 1. The molecule has 0 saturated heterocycles. The van der Waals surface area contributed by atoms with Gasteiger partial charge in [-0.25, -0.2) is 19.4 Å². The van der Waals surface area contributed by atoms with Crippen molar-refractivity contribution in [2.75, 3.05) is 12.2 Å². The van der Waals surface area contributed by atoms with Crippen molar-refractivity contribution in [1.82, 2.24) is 14.6 Å². The highest BCUT2D eigenvalue weighted by molar-refractivity contribution is 6.48. The Morgan fingerprint density at radius 3 is 2.50 bits per heavy atom. The van der Waals surface area contributed by atoms with Gasteiger partial charge in [0.15, 0.2) is 5.82 Å². The molecule has 0 aliphatic heterocycles. The molecule has 0 aliphatic rings. The average Bonchev–Trinajstić information content (AvgIpc) is 3.02. The molecule has 1 aromatic carbocycles. The van der Waals surface area contributed by atoms with E-state index in [1.165, 1.54) is 24.6 Å². The molecule has 0 amide bonds. The summed E-state index contributed by atoms with van der Waals surface area (Å²) in [7, 11) is 0.255. The first-order valence-corrected chi connectivity index (χ1v) is 12.3. The van der Waals surface area contributed by atoms with Crippen molar-refractivity contribution in [2.24, 2.45) is 0 Å². The molecule has 0 aliphatic carbocycles. The van der Waals surface area contributed by atoms with Gasteiger partial charge < -0.3 is 9.26 Å². The van der Waals surface area contributed by atoms with E-state index in [4.69, 9.17) is 9.26 Å². The van der Waals surface area contributed by atoms with E-state index in [0.29, 0.717) is 16.9 Å². The van der Waals surface area contributed by atoms with Gasteiger partial charge in [-0.3, -0.25) is 0 Å². The highest BCUT2D eigenvalue weighted by Gasteiger charge is 2.25. The minimum Gasteiger partial charge on any atom is -0.465 e. The van der Waals surface area contributed by atoms with Gasteiger partial charge in [-0.1, -0.05) is 26.8 Å². The van der Waals surface area contributed by atoms with Gasteiger partial charge in [0.2, 0.25) is 9.04 Å². The zero-order valence-corrected chi connectivity index (χ0v) is 19.9. The lowest BCUT2D eigenvalue weighted by Crippen LogP contribution is -2.27. The van der Waals surface area contributed by atoms with Gasteiger partial charge in [0.25, 0.3) is 0 Å². The zero-order valence-electron chi connectivity index (χ0n) is 18.9. The van der Waals surface area contributed by atoms with Crippen LogP contribution in [0.3, 0.4) is 0 Å². The van der Waals surface area contributed by atoms with Crippen LogP contribution in [0.15, 0.2) is 30.7 Å².